The monoisotopic (exact) mass is 449 g/mol. The number of hydrogen-bond donors (Lipinski definition) is 2. The molecule has 0 radical (unpaired) electrons. The van der Waals surface area contributed by atoms with Crippen molar-refractivity contribution in [2.45, 2.75) is 6.18 Å². The molecule has 0 unspecified atom stereocenters. The van der Waals surface area contributed by atoms with E-state index in [1.54, 1.807) is 24.3 Å². The summed E-state index contributed by atoms with van der Waals surface area (Å²) >= 11 is 8.39. The highest BCUT2D eigenvalue weighted by atomic mass is 79.9. The largest absolute Gasteiger partial charge is 0.484 e. The Labute approximate surface area is 159 Å². The van der Waals surface area contributed by atoms with Gasteiger partial charge in [0, 0.05) is 22.3 Å². The molecule has 0 saturated heterocycles. The highest BCUT2D eigenvalue weighted by Crippen LogP contribution is 2.28. The van der Waals surface area contributed by atoms with E-state index in [2.05, 4.69) is 31.3 Å². The molecule has 0 bridgehead atoms. The van der Waals surface area contributed by atoms with Crippen LogP contribution in [0.4, 0.5) is 30.2 Å². The SMILES string of the molecule is O=[N+]([O-])c1cc(NC(=S)Nc2ccc(Br)cc2)cc(OCC(F)(F)F)c1. The highest BCUT2D eigenvalue weighted by molar-refractivity contribution is 9.10. The second-order valence-electron chi connectivity index (χ2n) is 4.96. The van der Waals surface area contributed by atoms with E-state index in [1.807, 2.05) is 0 Å². The predicted octanol–water partition coefficient (Wildman–Crippen LogP) is 5.11. The molecular formula is C15H11BrF3N3O3S. The number of benzene rings is 2. The van der Waals surface area contributed by atoms with Gasteiger partial charge in [-0.15, -0.1) is 0 Å². The summed E-state index contributed by atoms with van der Waals surface area (Å²) < 4.78 is 42.3. The van der Waals surface area contributed by atoms with Crippen LogP contribution in [0.25, 0.3) is 0 Å². The van der Waals surface area contributed by atoms with E-state index in [0.29, 0.717) is 5.69 Å². The first-order chi connectivity index (χ1) is 12.1. The number of nitro benzene ring substituents is 1. The summed E-state index contributed by atoms with van der Waals surface area (Å²) in [6, 6.07) is 10.3. The van der Waals surface area contributed by atoms with Crippen LogP contribution < -0.4 is 15.4 Å². The Bertz CT molecular complexity index is 816. The Morgan fingerprint density at radius 1 is 1.15 bits per heavy atom. The third-order valence-electron chi connectivity index (χ3n) is 2.86. The highest BCUT2D eigenvalue weighted by Gasteiger charge is 2.28. The number of alkyl halides is 3. The quantitative estimate of drug-likeness (QED) is 0.375. The third-order valence-corrected chi connectivity index (χ3v) is 3.60. The fourth-order valence-electron chi connectivity index (χ4n) is 1.84. The number of ether oxygens (including phenoxy) is 1. The molecule has 26 heavy (non-hydrogen) atoms. The van der Waals surface area contributed by atoms with Crippen molar-refractivity contribution in [3.63, 3.8) is 0 Å². The van der Waals surface area contributed by atoms with Crippen molar-refractivity contribution in [1.29, 1.82) is 0 Å². The molecule has 6 nitrogen and oxygen atoms in total. The van der Waals surface area contributed by atoms with Gasteiger partial charge < -0.3 is 15.4 Å². The Hall–Kier alpha value is -2.40. The second kappa shape index (κ2) is 8.32. The molecule has 0 atom stereocenters. The molecule has 2 N–H and O–H groups in total. The number of anilines is 2. The lowest BCUT2D eigenvalue weighted by atomic mass is 10.2. The fourth-order valence-corrected chi connectivity index (χ4v) is 2.34. The van der Waals surface area contributed by atoms with Crippen LogP contribution in [0.1, 0.15) is 0 Å². The molecule has 0 aromatic heterocycles. The van der Waals surface area contributed by atoms with Gasteiger partial charge in [-0.2, -0.15) is 13.2 Å². The normalized spacial score (nSPS) is 10.9. The van der Waals surface area contributed by atoms with Gasteiger partial charge in [0.25, 0.3) is 5.69 Å². The minimum atomic E-state index is -4.56. The lowest BCUT2D eigenvalue weighted by molar-refractivity contribution is -0.384. The Kier molecular flexibility index (Phi) is 6.37. The van der Waals surface area contributed by atoms with Crippen LogP contribution >= 0.6 is 28.1 Å². The van der Waals surface area contributed by atoms with Gasteiger partial charge in [-0.3, -0.25) is 10.1 Å². The van der Waals surface area contributed by atoms with Crippen molar-refractivity contribution in [2.24, 2.45) is 0 Å². The zero-order valence-electron chi connectivity index (χ0n) is 12.8. The molecule has 0 aliphatic heterocycles. The van der Waals surface area contributed by atoms with E-state index in [1.165, 1.54) is 6.07 Å². The molecule has 2 aromatic rings. The van der Waals surface area contributed by atoms with Gasteiger partial charge in [-0.1, -0.05) is 15.9 Å². The zero-order chi connectivity index (χ0) is 19.3. The maximum Gasteiger partial charge on any atom is 0.422 e. The maximum atomic E-state index is 12.3. The summed E-state index contributed by atoms with van der Waals surface area (Å²) in [5, 5.41) is 16.6. The molecule has 138 valence electrons. The van der Waals surface area contributed by atoms with Crippen LogP contribution in [-0.4, -0.2) is 22.8 Å². The van der Waals surface area contributed by atoms with Crippen LogP contribution in [0.15, 0.2) is 46.9 Å². The summed E-state index contributed by atoms with van der Waals surface area (Å²) in [4.78, 5) is 10.2. The molecule has 11 heteroatoms. The van der Waals surface area contributed by atoms with Crippen molar-refractivity contribution in [2.75, 3.05) is 17.2 Å². The van der Waals surface area contributed by atoms with E-state index in [9.17, 15) is 23.3 Å². The van der Waals surface area contributed by atoms with Crippen molar-refractivity contribution in [1.82, 2.24) is 0 Å². The van der Waals surface area contributed by atoms with Crippen LogP contribution in [0.2, 0.25) is 0 Å². The molecule has 0 fully saturated rings. The number of non-ortho nitro benzene ring substituents is 1. The molecule has 0 aliphatic rings. The van der Waals surface area contributed by atoms with Crippen LogP contribution in [-0.2, 0) is 0 Å². The van der Waals surface area contributed by atoms with E-state index < -0.39 is 23.4 Å². The van der Waals surface area contributed by atoms with Crippen LogP contribution in [0.3, 0.4) is 0 Å². The van der Waals surface area contributed by atoms with Gasteiger partial charge in [0.05, 0.1) is 16.7 Å². The van der Waals surface area contributed by atoms with E-state index in [-0.39, 0.29) is 16.5 Å². The maximum absolute atomic E-state index is 12.3. The minimum absolute atomic E-state index is 0.106. The molecule has 2 aromatic carbocycles. The lowest BCUT2D eigenvalue weighted by Crippen LogP contribution is -2.20. The number of nitro groups is 1. The first-order valence-corrected chi connectivity index (χ1v) is 8.15. The molecule has 0 spiro atoms. The number of nitrogens with zero attached hydrogens (tertiary/aromatic N) is 1. The zero-order valence-corrected chi connectivity index (χ0v) is 15.2. The summed E-state index contributed by atoms with van der Waals surface area (Å²) in [6.45, 7) is -1.56. The molecule has 0 amide bonds. The van der Waals surface area contributed by atoms with Crippen LogP contribution in [0.5, 0.6) is 5.75 Å². The fraction of sp³-hybridized carbons (Fsp3) is 0.133. The van der Waals surface area contributed by atoms with Gasteiger partial charge in [-0.25, -0.2) is 0 Å². The van der Waals surface area contributed by atoms with Gasteiger partial charge in [-0.05, 0) is 36.5 Å². The number of halogens is 4. The van der Waals surface area contributed by atoms with Crippen molar-refractivity contribution in [3.05, 3.63) is 57.1 Å². The van der Waals surface area contributed by atoms with Gasteiger partial charge in [0.15, 0.2) is 11.7 Å². The average Bonchev–Trinajstić information content (AvgIpc) is 2.54. The Morgan fingerprint density at radius 3 is 2.35 bits per heavy atom. The van der Waals surface area contributed by atoms with Crippen molar-refractivity contribution in [3.8, 4) is 5.75 Å². The smallest absolute Gasteiger partial charge is 0.422 e. The molecule has 0 aliphatic carbocycles. The summed E-state index contributed by atoms with van der Waals surface area (Å²) in [7, 11) is 0. The molecular weight excluding hydrogens is 439 g/mol. The Morgan fingerprint density at radius 2 is 1.77 bits per heavy atom. The van der Waals surface area contributed by atoms with Crippen molar-refractivity contribution >= 4 is 50.3 Å². The van der Waals surface area contributed by atoms with Crippen molar-refractivity contribution < 1.29 is 22.8 Å². The van der Waals surface area contributed by atoms with Gasteiger partial charge >= 0.3 is 6.18 Å². The summed E-state index contributed by atoms with van der Waals surface area (Å²) in [5.74, 6) is -0.300. The number of rotatable bonds is 5. The standard InChI is InChI=1S/C15H11BrF3N3O3S/c16-9-1-3-10(4-2-9)20-14(26)21-11-5-12(22(23)24)7-13(6-11)25-8-15(17,18)19/h1-7H,8H2,(H2,20,21,26). The number of thiocarbonyl (C=S) groups is 1. The first-order valence-electron chi connectivity index (χ1n) is 6.95. The third kappa shape index (κ3) is 6.48. The average molecular weight is 450 g/mol. The minimum Gasteiger partial charge on any atom is -0.484 e. The molecule has 0 heterocycles. The summed E-state index contributed by atoms with van der Waals surface area (Å²) in [5.41, 5.74) is 0.342. The van der Waals surface area contributed by atoms with Gasteiger partial charge in [0.1, 0.15) is 5.75 Å². The van der Waals surface area contributed by atoms with Gasteiger partial charge in [0.2, 0.25) is 0 Å². The van der Waals surface area contributed by atoms with E-state index in [0.717, 1.165) is 16.6 Å². The summed E-state index contributed by atoms with van der Waals surface area (Å²) in [6.07, 6.45) is -4.56. The first kappa shape index (κ1) is 19.9. The predicted molar refractivity (Wildman–Crippen MR) is 98.6 cm³/mol. The topological polar surface area (TPSA) is 76.4 Å². The molecule has 0 saturated carbocycles. The number of nitrogens with one attached hydrogen (secondary N) is 2. The molecule has 2 rings (SSSR count). The van der Waals surface area contributed by atoms with Crippen LogP contribution in [0, 0.1) is 10.1 Å². The Balaban J connectivity index is 2.13. The second-order valence-corrected chi connectivity index (χ2v) is 6.29. The van der Waals surface area contributed by atoms with E-state index >= 15 is 0 Å². The van der Waals surface area contributed by atoms with E-state index in [4.69, 9.17) is 12.2 Å². The number of hydrogen-bond acceptors (Lipinski definition) is 4. The lowest BCUT2D eigenvalue weighted by Gasteiger charge is -2.13.